The van der Waals surface area contributed by atoms with Crippen LogP contribution in [0.15, 0.2) is 65.7 Å². The lowest BCUT2D eigenvalue weighted by molar-refractivity contribution is -0.401. The molecule has 2 heterocycles. The molecular weight excluding hydrogens is 660 g/mol. The minimum atomic E-state index is -1.72. The zero-order valence-corrected chi connectivity index (χ0v) is 29.9. The SMILES string of the molecule is COc1ccc(C2O[C@H]3C[C@H]4OC[C@@]4(OC(C)=O)[C@H]4[C@H](OC(=O)c5ccccc5)[C@]5(C(C)(C)O)C[C@H](O)C(C)=C5[C@H](OC(C)=O)[C@H](O2)[C@]34C)cc1. The first-order chi connectivity index (χ1) is 24.1. The zero-order valence-electron chi connectivity index (χ0n) is 29.9. The van der Waals surface area contributed by atoms with Gasteiger partial charge in [-0.2, -0.15) is 0 Å². The predicted molar refractivity (Wildman–Crippen MR) is 179 cm³/mol. The van der Waals surface area contributed by atoms with Crippen molar-refractivity contribution in [3.05, 3.63) is 76.9 Å². The van der Waals surface area contributed by atoms with E-state index in [0.717, 1.165) is 0 Å². The number of benzene rings is 2. The van der Waals surface area contributed by atoms with E-state index in [0.29, 0.717) is 22.5 Å². The lowest BCUT2D eigenvalue weighted by Gasteiger charge is -2.67. The quantitative estimate of drug-likeness (QED) is 0.241. The molecule has 0 spiro atoms. The van der Waals surface area contributed by atoms with Crippen LogP contribution in [0.25, 0.3) is 0 Å². The highest BCUT2D eigenvalue weighted by Gasteiger charge is 2.81. The molecule has 7 rings (SSSR count). The van der Waals surface area contributed by atoms with Gasteiger partial charge in [-0.1, -0.05) is 37.3 Å². The van der Waals surface area contributed by atoms with Gasteiger partial charge in [0.05, 0.1) is 48.4 Å². The Bertz CT molecular complexity index is 1730. The number of carbonyl (C=O) groups is 3. The summed E-state index contributed by atoms with van der Waals surface area (Å²) in [6.07, 6.45) is -6.71. The lowest BCUT2D eigenvalue weighted by Crippen LogP contribution is -2.80. The summed E-state index contributed by atoms with van der Waals surface area (Å²) in [5, 5.41) is 24.2. The third-order valence-electron chi connectivity index (χ3n) is 12.2. The van der Waals surface area contributed by atoms with Crippen molar-refractivity contribution in [1.29, 1.82) is 0 Å². The first-order valence-electron chi connectivity index (χ1n) is 17.4. The topological polar surface area (TPSA) is 156 Å². The third kappa shape index (κ3) is 5.24. The molecule has 0 bridgehead atoms. The Kier molecular flexibility index (Phi) is 8.66. The maximum absolute atomic E-state index is 14.3. The van der Waals surface area contributed by atoms with Crippen LogP contribution in [0.3, 0.4) is 0 Å². The van der Waals surface area contributed by atoms with Crippen molar-refractivity contribution < 1.29 is 57.8 Å². The summed E-state index contributed by atoms with van der Waals surface area (Å²) in [4.78, 5) is 40.5. The van der Waals surface area contributed by atoms with Crippen molar-refractivity contribution in [3.8, 4) is 5.75 Å². The van der Waals surface area contributed by atoms with Gasteiger partial charge in [0.1, 0.15) is 24.1 Å². The van der Waals surface area contributed by atoms with Crippen LogP contribution in [0, 0.1) is 16.7 Å². The van der Waals surface area contributed by atoms with E-state index in [4.69, 9.17) is 33.2 Å². The van der Waals surface area contributed by atoms with E-state index in [1.165, 1.54) is 13.8 Å². The molecule has 12 heteroatoms. The Hall–Kier alpha value is -3.81. The fraction of sp³-hybridized carbons (Fsp3) is 0.564. The van der Waals surface area contributed by atoms with Gasteiger partial charge >= 0.3 is 17.9 Å². The average molecular weight is 707 g/mol. The van der Waals surface area contributed by atoms with Crippen LogP contribution in [-0.4, -0.2) is 89.7 Å². The van der Waals surface area contributed by atoms with Gasteiger partial charge in [0.2, 0.25) is 0 Å². The second-order valence-electron chi connectivity index (χ2n) is 15.3. The van der Waals surface area contributed by atoms with Crippen LogP contribution >= 0.6 is 0 Å². The highest BCUT2D eigenvalue weighted by molar-refractivity contribution is 5.89. The van der Waals surface area contributed by atoms with Crippen molar-refractivity contribution in [2.24, 2.45) is 16.7 Å². The van der Waals surface area contributed by atoms with Crippen molar-refractivity contribution in [2.45, 2.75) is 108 Å². The minimum absolute atomic E-state index is 0.0288. The van der Waals surface area contributed by atoms with E-state index in [1.807, 2.05) is 19.1 Å². The molecule has 0 radical (unpaired) electrons. The summed E-state index contributed by atoms with van der Waals surface area (Å²) in [7, 11) is 1.57. The number of ether oxygens (including phenoxy) is 7. The van der Waals surface area contributed by atoms with Crippen LogP contribution in [-0.2, 0) is 38.0 Å². The molecule has 1 unspecified atom stereocenters. The van der Waals surface area contributed by atoms with E-state index in [2.05, 4.69) is 0 Å². The Balaban J connectivity index is 1.53. The monoisotopic (exact) mass is 706 g/mol. The number of aliphatic hydroxyl groups is 2. The third-order valence-corrected chi connectivity index (χ3v) is 12.2. The molecule has 51 heavy (non-hydrogen) atoms. The molecule has 2 aromatic rings. The fourth-order valence-corrected chi connectivity index (χ4v) is 9.88. The highest BCUT2D eigenvalue weighted by atomic mass is 16.7. The van der Waals surface area contributed by atoms with Crippen molar-refractivity contribution in [2.75, 3.05) is 13.7 Å². The molecule has 12 nitrogen and oxygen atoms in total. The second kappa shape index (κ2) is 12.4. The molecule has 274 valence electrons. The maximum atomic E-state index is 14.3. The Morgan fingerprint density at radius 2 is 1.63 bits per heavy atom. The first kappa shape index (κ1) is 35.6. The molecule has 5 aliphatic rings. The predicted octanol–water partition coefficient (Wildman–Crippen LogP) is 4.21. The first-order valence-corrected chi connectivity index (χ1v) is 17.4. The van der Waals surface area contributed by atoms with Crippen LogP contribution in [0.2, 0.25) is 0 Å². The average Bonchev–Trinajstić information content (AvgIpc) is 3.31. The number of fused-ring (bicyclic) bond motifs is 3. The molecule has 2 aromatic carbocycles. The summed E-state index contributed by atoms with van der Waals surface area (Å²) < 4.78 is 44.6. The Morgan fingerprint density at radius 1 is 0.941 bits per heavy atom. The number of esters is 3. The number of aliphatic hydroxyl groups excluding tert-OH is 1. The van der Waals surface area contributed by atoms with Gasteiger partial charge in [-0.3, -0.25) is 9.59 Å². The number of rotatable bonds is 7. The number of methoxy groups -OCH3 is 1. The standard InChI is InChI=1S/C39H46O12/c1-20-26(42)18-38(36(4,5)44)29(20)30(47-21(2)40)32-37(6)27(48-35(50-32)24-13-15-25(45-7)16-14-24)17-28-39(19-46-28,51-22(3)41)31(37)33(38)49-34(43)23-11-9-8-10-12-23/h8-16,26-28,30-33,35,42,44H,17-19H2,1-7H3/t26-,27-,28+,30-,31-,32-,33-,35?,37+,38-,39-/m0/s1. The molecular formula is C39H46O12. The van der Waals surface area contributed by atoms with Gasteiger partial charge in [-0.25, -0.2) is 4.79 Å². The molecule has 2 saturated heterocycles. The van der Waals surface area contributed by atoms with E-state index >= 15 is 0 Å². The molecule has 3 aliphatic carbocycles. The second-order valence-corrected chi connectivity index (χ2v) is 15.3. The van der Waals surface area contributed by atoms with Gasteiger partial charge < -0.3 is 43.4 Å². The molecule has 4 fully saturated rings. The number of hydrogen-bond donors (Lipinski definition) is 2. The fourth-order valence-electron chi connectivity index (χ4n) is 9.88. The molecule has 0 aromatic heterocycles. The summed E-state index contributed by atoms with van der Waals surface area (Å²) in [5.74, 6) is -2.19. The van der Waals surface area contributed by atoms with Gasteiger partial charge in [-0.05, 0) is 62.6 Å². The Labute approximate surface area is 296 Å². The van der Waals surface area contributed by atoms with Crippen LogP contribution in [0.5, 0.6) is 5.75 Å². The summed E-state index contributed by atoms with van der Waals surface area (Å²) in [6, 6.07) is 15.7. The number of hydrogen-bond acceptors (Lipinski definition) is 12. The maximum Gasteiger partial charge on any atom is 0.338 e. The Morgan fingerprint density at radius 3 is 2.20 bits per heavy atom. The van der Waals surface area contributed by atoms with Crippen molar-refractivity contribution in [1.82, 2.24) is 0 Å². The van der Waals surface area contributed by atoms with E-state index in [1.54, 1.807) is 70.3 Å². The van der Waals surface area contributed by atoms with Crippen molar-refractivity contribution in [3.63, 3.8) is 0 Å². The molecule has 2 saturated carbocycles. The van der Waals surface area contributed by atoms with E-state index in [9.17, 15) is 24.6 Å². The lowest BCUT2D eigenvalue weighted by atomic mass is 9.49. The largest absolute Gasteiger partial charge is 0.497 e. The smallest absolute Gasteiger partial charge is 0.338 e. The van der Waals surface area contributed by atoms with Crippen LogP contribution in [0.1, 0.15) is 76.6 Å². The van der Waals surface area contributed by atoms with Gasteiger partial charge in [0.25, 0.3) is 0 Å². The van der Waals surface area contributed by atoms with E-state index < -0.39 is 88.8 Å². The van der Waals surface area contributed by atoms with Crippen LogP contribution in [0.4, 0.5) is 0 Å². The molecule has 11 atom stereocenters. The molecule has 0 amide bonds. The van der Waals surface area contributed by atoms with E-state index in [-0.39, 0.29) is 25.0 Å². The van der Waals surface area contributed by atoms with Crippen LogP contribution < -0.4 is 4.74 Å². The van der Waals surface area contributed by atoms with Crippen molar-refractivity contribution >= 4 is 17.9 Å². The minimum Gasteiger partial charge on any atom is -0.497 e. The van der Waals surface area contributed by atoms with Gasteiger partial charge in [-0.15, -0.1) is 0 Å². The molecule has 2 aliphatic heterocycles. The number of carbonyl (C=O) groups excluding carboxylic acids is 3. The van der Waals surface area contributed by atoms with Gasteiger partial charge in [0, 0.05) is 31.2 Å². The highest BCUT2D eigenvalue weighted by Crippen LogP contribution is 2.70. The zero-order chi connectivity index (χ0) is 36.7. The summed E-state index contributed by atoms with van der Waals surface area (Å²) in [5.41, 5.74) is -4.09. The summed E-state index contributed by atoms with van der Waals surface area (Å²) >= 11 is 0. The summed E-state index contributed by atoms with van der Waals surface area (Å²) in [6.45, 7) is 9.41. The molecule has 2 N–H and O–H groups in total. The van der Waals surface area contributed by atoms with Gasteiger partial charge in [0.15, 0.2) is 18.0 Å². The normalized spacial score (nSPS) is 38.2.